The molecule has 174 valence electrons. The van der Waals surface area contributed by atoms with Gasteiger partial charge in [0.2, 0.25) is 5.91 Å². The largest absolute Gasteiger partial charge is 0.444 e. The van der Waals surface area contributed by atoms with Gasteiger partial charge in [0.15, 0.2) is 0 Å². The summed E-state index contributed by atoms with van der Waals surface area (Å²) >= 11 is 0. The molecule has 2 aromatic rings. The minimum atomic E-state index is -0.614. The second kappa shape index (κ2) is 9.01. The molecule has 3 atom stereocenters. The molecule has 0 bridgehead atoms. The van der Waals surface area contributed by atoms with Crippen molar-refractivity contribution >= 4 is 22.9 Å². The number of nitrogens with one attached hydrogen (secondary N) is 1. The first-order valence-electron chi connectivity index (χ1n) is 11.7. The Bertz CT molecular complexity index is 1100. The van der Waals surface area contributed by atoms with Crippen LogP contribution in [-0.2, 0) is 9.53 Å². The topological polar surface area (TPSA) is 95.3 Å². The van der Waals surface area contributed by atoms with E-state index in [1.807, 2.05) is 49.9 Å². The molecule has 1 saturated heterocycles. The summed E-state index contributed by atoms with van der Waals surface area (Å²) in [6.07, 6.45) is 3.98. The number of rotatable bonds is 4. The third-order valence-electron chi connectivity index (χ3n) is 6.37. The first kappa shape index (κ1) is 23.0. The molecule has 7 heteroatoms. The second-order valence-electron chi connectivity index (χ2n) is 10.5. The molecule has 2 heterocycles. The van der Waals surface area contributed by atoms with E-state index in [9.17, 15) is 14.9 Å². The summed E-state index contributed by atoms with van der Waals surface area (Å²) in [4.78, 5) is 32.3. The third-order valence-corrected chi connectivity index (χ3v) is 6.37. The molecular formula is C26H32N4O3. The van der Waals surface area contributed by atoms with E-state index in [1.165, 1.54) is 0 Å². The molecule has 1 aliphatic carbocycles. The van der Waals surface area contributed by atoms with Crippen molar-refractivity contribution in [2.45, 2.75) is 64.5 Å². The number of benzene rings is 1. The first-order chi connectivity index (χ1) is 15.7. The van der Waals surface area contributed by atoms with E-state index in [0.29, 0.717) is 30.1 Å². The van der Waals surface area contributed by atoms with Gasteiger partial charge in [0.1, 0.15) is 17.7 Å². The van der Waals surface area contributed by atoms with Crippen molar-refractivity contribution in [2.24, 2.45) is 11.8 Å². The van der Waals surface area contributed by atoms with Crippen LogP contribution in [0.15, 0.2) is 30.5 Å². The molecular weight excluding hydrogens is 416 g/mol. The molecule has 1 aromatic carbocycles. The Morgan fingerprint density at radius 3 is 2.67 bits per heavy atom. The second-order valence-corrected chi connectivity index (χ2v) is 10.5. The Morgan fingerprint density at radius 1 is 1.24 bits per heavy atom. The first-order valence-corrected chi connectivity index (χ1v) is 11.7. The molecule has 1 saturated carbocycles. The van der Waals surface area contributed by atoms with Crippen molar-refractivity contribution < 1.29 is 14.3 Å². The van der Waals surface area contributed by atoms with E-state index >= 15 is 0 Å². The predicted molar refractivity (Wildman–Crippen MR) is 125 cm³/mol. The normalized spacial score (nSPS) is 21.8. The minimum absolute atomic E-state index is 0.0315. The molecule has 1 aliphatic heterocycles. The molecule has 1 aromatic heterocycles. The van der Waals surface area contributed by atoms with Crippen molar-refractivity contribution in [1.82, 2.24) is 15.2 Å². The van der Waals surface area contributed by atoms with Gasteiger partial charge in [-0.3, -0.25) is 9.78 Å². The average molecular weight is 449 g/mol. The Labute approximate surface area is 195 Å². The highest BCUT2D eigenvalue weighted by Gasteiger charge is 2.42. The molecule has 0 spiro atoms. The number of nitrogens with zero attached hydrogens (tertiary/aromatic N) is 3. The van der Waals surface area contributed by atoms with Crippen molar-refractivity contribution in [3.63, 3.8) is 0 Å². The van der Waals surface area contributed by atoms with Crippen LogP contribution in [0.25, 0.3) is 10.9 Å². The van der Waals surface area contributed by atoms with Gasteiger partial charge in [0.05, 0.1) is 11.1 Å². The van der Waals surface area contributed by atoms with E-state index in [4.69, 9.17) is 4.74 Å². The average Bonchev–Trinajstić information content (AvgIpc) is 3.60. The van der Waals surface area contributed by atoms with E-state index in [0.717, 1.165) is 30.2 Å². The summed E-state index contributed by atoms with van der Waals surface area (Å²) in [6.45, 7) is 8.85. The molecule has 1 N–H and O–H groups in total. The number of piperidine rings is 1. The standard InChI is InChI=1S/C26H32N4O3/c1-16-12-19(20-10-9-18(13-27)22-21(20)6-5-11-28-22)15-30(14-16)24(31)23(17-7-8-17)29-25(32)33-26(2,3)4/h5-6,9-11,16-17,19,23H,7-8,12,14-15H2,1-4H3,(H,29,32)/t16?,19?,23-/m0/s1. The molecule has 33 heavy (non-hydrogen) atoms. The molecule has 0 radical (unpaired) electrons. The Balaban J connectivity index is 1.56. The Kier molecular flexibility index (Phi) is 6.29. The lowest BCUT2D eigenvalue weighted by Gasteiger charge is -2.39. The van der Waals surface area contributed by atoms with E-state index < -0.39 is 17.7 Å². The van der Waals surface area contributed by atoms with Gasteiger partial charge in [-0.1, -0.05) is 19.1 Å². The van der Waals surface area contributed by atoms with Crippen LogP contribution in [0, 0.1) is 23.2 Å². The van der Waals surface area contributed by atoms with Gasteiger partial charge in [-0.05, 0) is 69.6 Å². The molecule has 7 nitrogen and oxygen atoms in total. The zero-order chi connectivity index (χ0) is 23.8. The molecule has 2 fully saturated rings. The predicted octanol–water partition coefficient (Wildman–Crippen LogP) is 4.36. The zero-order valence-corrected chi connectivity index (χ0v) is 19.8. The number of amides is 2. The Morgan fingerprint density at radius 2 is 2.00 bits per heavy atom. The number of nitriles is 1. The highest BCUT2D eigenvalue weighted by molar-refractivity contribution is 5.88. The number of fused-ring (bicyclic) bond motifs is 1. The van der Waals surface area contributed by atoms with Crippen LogP contribution in [-0.4, -0.2) is 46.6 Å². The van der Waals surface area contributed by atoms with Gasteiger partial charge in [0.25, 0.3) is 0 Å². The SMILES string of the molecule is CC1CC(c2ccc(C#N)c3ncccc23)CN(C(=O)[C@@H](NC(=O)OC(C)(C)C)C2CC2)C1. The highest BCUT2D eigenvalue weighted by atomic mass is 16.6. The number of alkyl carbamates (subject to hydrolysis) is 1. The third kappa shape index (κ3) is 5.27. The number of carbonyl (C=O) groups is 2. The van der Waals surface area contributed by atoms with Gasteiger partial charge in [0, 0.05) is 30.6 Å². The number of likely N-dealkylation sites (tertiary alicyclic amines) is 1. The van der Waals surface area contributed by atoms with Crippen LogP contribution in [0.5, 0.6) is 0 Å². The maximum atomic E-state index is 13.6. The number of carbonyl (C=O) groups excluding carboxylic acids is 2. The number of pyridine rings is 1. The Hall–Kier alpha value is -3.14. The monoisotopic (exact) mass is 448 g/mol. The lowest BCUT2D eigenvalue weighted by atomic mass is 9.83. The summed E-state index contributed by atoms with van der Waals surface area (Å²) in [7, 11) is 0. The number of hydrogen-bond donors (Lipinski definition) is 1. The zero-order valence-electron chi connectivity index (χ0n) is 19.8. The van der Waals surface area contributed by atoms with Crippen molar-refractivity contribution in [2.75, 3.05) is 13.1 Å². The van der Waals surface area contributed by atoms with Crippen LogP contribution in [0.3, 0.4) is 0 Å². The lowest BCUT2D eigenvalue weighted by molar-refractivity contribution is -0.136. The minimum Gasteiger partial charge on any atom is -0.444 e. The fourth-order valence-electron chi connectivity index (χ4n) is 4.84. The molecule has 2 aliphatic rings. The molecule has 4 rings (SSSR count). The summed E-state index contributed by atoms with van der Waals surface area (Å²) in [5.74, 6) is 0.589. The van der Waals surface area contributed by atoms with Gasteiger partial charge in [-0.15, -0.1) is 0 Å². The van der Waals surface area contributed by atoms with Crippen molar-refractivity contribution in [3.05, 3.63) is 41.6 Å². The quantitative estimate of drug-likeness (QED) is 0.750. The van der Waals surface area contributed by atoms with E-state index in [-0.39, 0.29) is 17.7 Å². The maximum absolute atomic E-state index is 13.6. The molecule has 2 amide bonds. The highest BCUT2D eigenvalue weighted by Crippen LogP contribution is 2.37. The van der Waals surface area contributed by atoms with E-state index in [1.54, 1.807) is 6.20 Å². The van der Waals surface area contributed by atoms with Crippen LogP contribution in [0.1, 0.15) is 64.0 Å². The van der Waals surface area contributed by atoms with Gasteiger partial charge < -0.3 is 15.0 Å². The van der Waals surface area contributed by atoms with Gasteiger partial charge >= 0.3 is 6.09 Å². The van der Waals surface area contributed by atoms with Crippen LogP contribution >= 0.6 is 0 Å². The van der Waals surface area contributed by atoms with Gasteiger partial charge in [-0.2, -0.15) is 5.26 Å². The van der Waals surface area contributed by atoms with Crippen molar-refractivity contribution in [1.29, 1.82) is 5.26 Å². The smallest absolute Gasteiger partial charge is 0.408 e. The molecule has 2 unspecified atom stereocenters. The summed E-state index contributed by atoms with van der Waals surface area (Å²) in [6, 6.07) is 9.39. The maximum Gasteiger partial charge on any atom is 0.408 e. The fourth-order valence-corrected chi connectivity index (χ4v) is 4.84. The van der Waals surface area contributed by atoms with Crippen molar-refractivity contribution in [3.8, 4) is 6.07 Å². The summed E-state index contributed by atoms with van der Waals surface area (Å²) in [5.41, 5.74) is 1.76. The lowest BCUT2D eigenvalue weighted by Crippen LogP contribution is -2.53. The van der Waals surface area contributed by atoms with E-state index in [2.05, 4.69) is 23.3 Å². The van der Waals surface area contributed by atoms with Gasteiger partial charge in [-0.25, -0.2) is 4.79 Å². The number of aromatic nitrogens is 1. The summed E-state index contributed by atoms with van der Waals surface area (Å²) in [5, 5.41) is 13.3. The fraction of sp³-hybridized carbons (Fsp3) is 0.538. The van der Waals surface area contributed by atoms with Crippen LogP contribution < -0.4 is 5.32 Å². The number of ether oxygens (including phenoxy) is 1. The van der Waals surface area contributed by atoms with Crippen LogP contribution in [0.4, 0.5) is 4.79 Å². The van der Waals surface area contributed by atoms with Crippen LogP contribution in [0.2, 0.25) is 0 Å². The summed E-state index contributed by atoms with van der Waals surface area (Å²) < 4.78 is 5.41. The number of hydrogen-bond acceptors (Lipinski definition) is 5.